The van der Waals surface area contributed by atoms with Crippen LogP contribution in [0.25, 0.3) is 33.8 Å². The van der Waals surface area contributed by atoms with E-state index in [2.05, 4.69) is 43.2 Å². The van der Waals surface area contributed by atoms with Crippen molar-refractivity contribution in [3.8, 4) is 33.8 Å². The van der Waals surface area contributed by atoms with E-state index in [1.54, 1.807) is 6.20 Å². The lowest BCUT2D eigenvalue weighted by atomic mass is 9.78. The molecular weight excluding hydrogens is 438 g/mol. The Balaban J connectivity index is 1.16. The minimum atomic E-state index is 0.0707. The largest absolute Gasteiger partial charge is 0.340 e. The molecule has 2 aliphatic rings. The van der Waals surface area contributed by atoms with E-state index in [-0.39, 0.29) is 11.4 Å². The van der Waals surface area contributed by atoms with Crippen LogP contribution in [0.4, 0.5) is 0 Å². The van der Waals surface area contributed by atoms with E-state index in [0.717, 1.165) is 60.1 Å². The van der Waals surface area contributed by atoms with Crippen molar-refractivity contribution in [1.82, 2.24) is 34.4 Å². The Morgan fingerprint density at radius 3 is 2.34 bits per heavy atom. The summed E-state index contributed by atoms with van der Waals surface area (Å²) in [6.07, 6.45) is 15.4. The quantitative estimate of drug-likeness (QED) is 0.441. The Morgan fingerprint density at radius 2 is 1.66 bits per heavy atom. The van der Waals surface area contributed by atoms with Crippen LogP contribution < -0.4 is 0 Å². The molecule has 3 aromatic heterocycles. The number of hydrogen-bond acceptors (Lipinski definition) is 5. The molecule has 6 rings (SSSR count). The van der Waals surface area contributed by atoms with Crippen molar-refractivity contribution in [2.75, 3.05) is 7.05 Å². The maximum atomic E-state index is 12.1. The van der Waals surface area contributed by atoms with E-state index in [1.807, 2.05) is 60.5 Å². The van der Waals surface area contributed by atoms with Gasteiger partial charge in [-0.3, -0.25) is 14.2 Å². The third-order valence-corrected chi connectivity index (χ3v) is 7.97. The first-order valence-electron chi connectivity index (χ1n) is 12.2. The van der Waals surface area contributed by atoms with Crippen LogP contribution in [-0.4, -0.2) is 52.9 Å². The zero-order valence-electron chi connectivity index (χ0n) is 20.1. The van der Waals surface area contributed by atoms with Gasteiger partial charge in [0, 0.05) is 73.1 Å². The number of carbonyl (C=O) groups is 1. The molecule has 1 saturated carbocycles. The van der Waals surface area contributed by atoms with Crippen LogP contribution in [0.1, 0.15) is 44.6 Å². The molecule has 0 radical (unpaired) electrons. The maximum absolute atomic E-state index is 12.1. The fraction of sp³-hybridized carbons (Fsp3) is 0.370. The molecule has 0 atom stereocenters. The lowest BCUT2D eigenvalue weighted by Gasteiger charge is -2.42. The van der Waals surface area contributed by atoms with Gasteiger partial charge in [0.15, 0.2) is 5.82 Å². The van der Waals surface area contributed by atoms with Crippen LogP contribution in [0.2, 0.25) is 0 Å². The normalized spacial score (nSPS) is 22.3. The summed E-state index contributed by atoms with van der Waals surface area (Å²) in [7, 11) is 3.91. The predicted octanol–water partition coefficient (Wildman–Crippen LogP) is 4.51. The van der Waals surface area contributed by atoms with Crippen LogP contribution in [-0.2, 0) is 11.8 Å². The molecule has 1 spiro atoms. The number of hydrogen-bond donors (Lipinski definition) is 0. The number of likely N-dealkylation sites (tertiary alicyclic amines) is 1. The molecule has 4 aromatic rings. The van der Waals surface area contributed by atoms with Gasteiger partial charge in [-0.1, -0.05) is 18.2 Å². The molecule has 178 valence electrons. The number of amides is 1. The molecule has 8 nitrogen and oxygen atoms in total. The summed E-state index contributed by atoms with van der Waals surface area (Å²) in [6.45, 7) is 0. The van der Waals surface area contributed by atoms with Gasteiger partial charge >= 0.3 is 0 Å². The first-order chi connectivity index (χ1) is 17.0. The molecule has 1 saturated heterocycles. The maximum Gasteiger partial charge on any atom is 0.222 e. The number of nitrogens with zero attached hydrogens (tertiary/aromatic N) is 7. The Labute approximate surface area is 204 Å². The lowest BCUT2D eigenvalue weighted by molar-refractivity contribution is -0.130. The van der Waals surface area contributed by atoms with Crippen molar-refractivity contribution < 1.29 is 4.79 Å². The molecule has 8 heteroatoms. The number of benzene rings is 1. The van der Waals surface area contributed by atoms with Crippen LogP contribution in [0.5, 0.6) is 0 Å². The molecule has 0 unspecified atom stereocenters. The van der Waals surface area contributed by atoms with Crippen LogP contribution in [0.3, 0.4) is 0 Å². The number of rotatable bonds is 4. The fourth-order valence-corrected chi connectivity index (χ4v) is 5.72. The minimum Gasteiger partial charge on any atom is -0.340 e. The molecular formula is C27H29N7O. The molecule has 1 aliphatic carbocycles. The van der Waals surface area contributed by atoms with E-state index < -0.39 is 0 Å². The fourth-order valence-electron chi connectivity index (χ4n) is 5.72. The monoisotopic (exact) mass is 467 g/mol. The van der Waals surface area contributed by atoms with E-state index in [1.165, 1.54) is 0 Å². The van der Waals surface area contributed by atoms with E-state index in [4.69, 9.17) is 0 Å². The van der Waals surface area contributed by atoms with Gasteiger partial charge in [0.1, 0.15) is 0 Å². The summed E-state index contributed by atoms with van der Waals surface area (Å²) >= 11 is 0. The predicted molar refractivity (Wildman–Crippen MR) is 133 cm³/mol. The van der Waals surface area contributed by atoms with Crippen molar-refractivity contribution >= 4 is 5.91 Å². The van der Waals surface area contributed by atoms with Gasteiger partial charge in [-0.2, -0.15) is 10.2 Å². The summed E-state index contributed by atoms with van der Waals surface area (Å²) in [5.41, 5.74) is 5.15. The zero-order valence-corrected chi connectivity index (χ0v) is 20.1. The average molecular weight is 468 g/mol. The van der Waals surface area contributed by atoms with Gasteiger partial charge in [0.05, 0.1) is 17.9 Å². The van der Waals surface area contributed by atoms with Gasteiger partial charge in [-0.25, -0.2) is 9.97 Å². The molecule has 2 fully saturated rings. The molecule has 0 N–H and O–H groups in total. The van der Waals surface area contributed by atoms with E-state index in [0.29, 0.717) is 18.3 Å². The van der Waals surface area contributed by atoms with E-state index in [9.17, 15) is 4.79 Å². The first-order valence-corrected chi connectivity index (χ1v) is 12.2. The van der Waals surface area contributed by atoms with Crippen molar-refractivity contribution in [3.05, 3.63) is 61.3 Å². The Bertz CT molecular complexity index is 1360. The molecule has 1 aliphatic heterocycles. The van der Waals surface area contributed by atoms with Crippen LogP contribution in [0.15, 0.2) is 61.3 Å². The van der Waals surface area contributed by atoms with Gasteiger partial charge in [-0.15, -0.1) is 0 Å². The number of carbonyl (C=O) groups excluding carboxylic acids is 1. The Morgan fingerprint density at radius 1 is 0.886 bits per heavy atom. The zero-order chi connectivity index (χ0) is 24.0. The van der Waals surface area contributed by atoms with Crippen LogP contribution in [0, 0.1) is 0 Å². The molecule has 0 bridgehead atoms. The third-order valence-electron chi connectivity index (χ3n) is 7.97. The van der Waals surface area contributed by atoms with Crippen molar-refractivity contribution in [1.29, 1.82) is 0 Å². The van der Waals surface area contributed by atoms with Gasteiger partial charge in [-0.05, 0) is 44.2 Å². The highest BCUT2D eigenvalue weighted by Gasteiger charge is 2.45. The highest BCUT2D eigenvalue weighted by Crippen LogP contribution is 2.44. The summed E-state index contributed by atoms with van der Waals surface area (Å²) in [4.78, 5) is 23.3. The third kappa shape index (κ3) is 3.83. The number of aromatic nitrogens is 6. The van der Waals surface area contributed by atoms with Crippen molar-refractivity contribution in [3.63, 3.8) is 0 Å². The standard InChI is InChI=1S/C27H29N7O/c1-32-25(35)8-12-27(32)10-6-23(7-11-27)34-18-22(17-31-34)21-15-28-26(29-16-21)20-5-3-4-19(14-20)24-9-13-30-33(24)2/h3-5,9,13-18,23H,6-8,10-12H2,1-2H3. The SMILES string of the molecule is CN1C(=O)CCC12CCC(n1cc(-c3cnc(-c4cccc(-c5ccnn5C)c4)nc3)cn1)CC2. The summed E-state index contributed by atoms with van der Waals surface area (Å²) in [5, 5.41) is 8.93. The molecule has 4 heterocycles. The molecule has 1 aromatic carbocycles. The van der Waals surface area contributed by atoms with Gasteiger partial charge in [0.25, 0.3) is 0 Å². The second-order valence-electron chi connectivity index (χ2n) is 9.83. The second-order valence-corrected chi connectivity index (χ2v) is 9.83. The molecule has 35 heavy (non-hydrogen) atoms. The summed E-state index contributed by atoms with van der Waals surface area (Å²) in [6, 6.07) is 10.6. The topological polar surface area (TPSA) is 81.7 Å². The van der Waals surface area contributed by atoms with Gasteiger partial charge < -0.3 is 4.90 Å². The van der Waals surface area contributed by atoms with Gasteiger partial charge in [0.2, 0.25) is 5.91 Å². The van der Waals surface area contributed by atoms with Crippen molar-refractivity contribution in [2.45, 2.75) is 50.1 Å². The number of aryl methyl sites for hydroxylation is 1. The highest BCUT2D eigenvalue weighted by atomic mass is 16.2. The first kappa shape index (κ1) is 21.7. The lowest BCUT2D eigenvalue weighted by Crippen LogP contribution is -2.46. The molecule has 1 amide bonds. The Kier molecular flexibility index (Phi) is 5.24. The van der Waals surface area contributed by atoms with E-state index >= 15 is 0 Å². The smallest absolute Gasteiger partial charge is 0.222 e. The Hall–Kier alpha value is -3.81. The average Bonchev–Trinajstić information content (AvgIpc) is 3.62. The summed E-state index contributed by atoms with van der Waals surface area (Å²) < 4.78 is 3.95. The minimum absolute atomic E-state index is 0.0707. The van der Waals surface area contributed by atoms with Crippen molar-refractivity contribution in [2.24, 2.45) is 7.05 Å². The second kappa shape index (κ2) is 8.45. The summed E-state index contributed by atoms with van der Waals surface area (Å²) in [5.74, 6) is 0.981. The van der Waals surface area contributed by atoms with Crippen LogP contribution >= 0.6 is 0 Å². The highest BCUT2D eigenvalue weighted by molar-refractivity contribution is 5.79.